The van der Waals surface area contributed by atoms with E-state index in [9.17, 15) is 4.79 Å². The topological polar surface area (TPSA) is 29.1 Å². The van der Waals surface area contributed by atoms with Crippen LogP contribution in [0.4, 0.5) is 0 Å². The SMILES string of the molecule is O=C1C=C(c2ccccc2)NCC12CC2. The third-order valence-corrected chi connectivity index (χ3v) is 3.35. The van der Waals surface area contributed by atoms with Gasteiger partial charge >= 0.3 is 0 Å². The van der Waals surface area contributed by atoms with Gasteiger partial charge in [-0.05, 0) is 18.4 Å². The highest BCUT2D eigenvalue weighted by Crippen LogP contribution is 2.48. The van der Waals surface area contributed by atoms with Crippen LogP contribution in [-0.2, 0) is 4.79 Å². The van der Waals surface area contributed by atoms with Crippen LogP contribution in [0.5, 0.6) is 0 Å². The summed E-state index contributed by atoms with van der Waals surface area (Å²) in [5.74, 6) is 0.306. The third-order valence-electron chi connectivity index (χ3n) is 3.35. The Morgan fingerprint density at radius 3 is 2.47 bits per heavy atom. The van der Waals surface area contributed by atoms with Gasteiger partial charge in [0.25, 0.3) is 0 Å². The molecule has 0 unspecified atom stereocenters. The summed E-state index contributed by atoms with van der Waals surface area (Å²) in [5, 5.41) is 3.36. The molecule has 0 bridgehead atoms. The molecule has 1 fully saturated rings. The van der Waals surface area contributed by atoms with Gasteiger partial charge in [-0.2, -0.15) is 0 Å². The van der Waals surface area contributed by atoms with Crippen molar-refractivity contribution in [3.05, 3.63) is 42.0 Å². The fraction of sp³-hybridized carbons (Fsp3) is 0.308. The van der Waals surface area contributed by atoms with Gasteiger partial charge < -0.3 is 5.32 Å². The highest BCUT2D eigenvalue weighted by Gasteiger charge is 2.50. The first-order chi connectivity index (χ1) is 7.30. The van der Waals surface area contributed by atoms with E-state index in [2.05, 4.69) is 5.32 Å². The second kappa shape index (κ2) is 2.96. The quantitative estimate of drug-likeness (QED) is 0.749. The van der Waals surface area contributed by atoms with Crippen molar-refractivity contribution in [3.63, 3.8) is 0 Å². The van der Waals surface area contributed by atoms with Gasteiger partial charge in [0.2, 0.25) is 0 Å². The van der Waals surface area contributed by atoms with Gasteiger partial charge in [-0.1, -0.05) is 30.3 Å². The van der Waals surface area contributed by atoms with E-state index in [-0.39, 0.29) is 5.41 Å². The average molecular weight is 199 g/mol. The molecule has 1 aliphatic heterocycles. The number of carbonyl (C=O) groups is 1. The summed E-state index contributed by atoms with van der Waals surface area (Å²) < 4.78 is 0. The number of hydrogen-bond donors (Lipinski definition) is 1. The fourth-order valence-corrected chi connectivity index (χ4v) is 2.06. The summed E-state index contributed by atoms with van der Waals surface area (Å²) in [6.45, 7) is 0.812. The van der Waals surface area contributed by atoms with Crippen molar-refractivity contribution >= 4 is 11.5 Å². The lowest BCUT2D eigenvalue weighted by Crippen LogP contribution is -2.33. The van der Waals surface area contributed by atoms with Crippen molar-refractivity contribution in [1.29, 1.82) is 0 Å². The smallest absolute Gasteiger partial charge is 0.165 e. The molecule has 1 aromatic rings. The highest BCUT2D eigenvalue weighted by molar-refractivity contribution is 6.03. The Labute approximate surface area is 89.0 Å². The highest BCUT2D eigenvalue weighted by atomic mass is 16.1. The maximum atomic E-state index is 11.8. The molecule has 76 valence electrons. The van der Waals surface area contributed by atoms with Gasteiger partial charge in [0.1, 0.15) is 0 Å². The Bertz CT molecular complexity index is 429. The van der Waals surface area contributed by atoms with Crippen LogP contribution in [0.3, 0.4) is 0 Å². The Morgan fingerprint density at radius 2 is 1.87 bits per heavy atom. The monoisotopic (exact) mass is 199 g/mol. The minimum atomic E-state index is -0.0295. The summed E-state index contributed by atoms with van der Waals surface area (Å²) in [4.78, 5) is 11.8. The number of carbonyl (C=O) groups excluding carboxylic acids is 1. The lowest BCUT2D eigenvalue weighted by Gasteiger charge is -2.22. The Balaban J connectivity index is 1.93. The third kappa shape index (κ3) is 1.37. The van der Waals surface area contributed by atoms with Crippen molar-refractivity contribution in [2.45, 2.75) is 12.8 Å². The molecule has 1 heterocycles. The van der Waals surface area contributed by atoms with E-state index in [0.29, 0.717) is 5.78 Å². The summed E-state index contributed by atoms with van der Waals surface area (Å²) >= 11 is 0. The molecule has 1 saturated carbocycles. The lowest BCUT2D eigenvalue weighted by molar-refractivity contribution is -0.119. The first-order valence-corrected chi connectivity index (χ1v) is 5.36. The van der Waals surface area contributed by atoms with E-state index in [4.69, 9.17) is 0 Å². The van der Waals surface area contributed by atoms with Gasteiger partial charge in [0.05, 0.1) is 5.41 Å². The number of allylic oxidation sites excluding steroid dienone is 1. The number of hydrogen-bond acceptors (Lipinski definition) is 2. The van der Waals surface area contributed by atoms with Crippen molar-refractivity contribution in [3.8, 4) is 0 Å². The number of rotatable bonds is 1. The van der Waals surface area contributed by atoms with Crippen LogP contribution in [0, 0.1) is 5.41 Å². The largest absolute Gasteiger partial charge is 0.383 e. The molecule has 2 heteroatoms. The van der Waals surface area contributed by atoms with E-state index in [1.807, 2.05) is 30.3 Å². The van der Waals surface area contributed by atoms with E-state index < -0.39 is 0 Å². The van der Waals surface area contributed by atoms with Crippen LogP contribution in [0.15, 0.2) is 36.4 Å². The zero-order chi connectivity index (χ0) is 10.3. The summed E-state index contributed by atoms with van der Waals surface area (Å²) in [6, 6.07) is 10.0. The zero-order valence-corrected chi connectivity index (χ0v) is 8.49. The number of ketones is 1. The molecule has 1 spiro atoms. The van der Waals surface area contributed by atoms with Crippen molar-refractivity contribution in [1.82, 2.24) is 5.32 Å². The zero-order valence-electron chi connectivity index (χ0n) is 8.49. The standard InChI is InChI=1S/C13H13NO/c15-12-8-11(10-4-2-1-3-5-10)14-9-13(12)6-7-13/h1-5,8,14H,6-7,9H2. The predicted molar refractivity (Wildman–Crippen MR) is 59.1 cm³/mol. The molecule has 2 aliphatic rings. The minimum Gasteiger partial charge on any atom is -0.383 e. The van der Waals surface area contributed by atoms with Crippen LogP contribution in [0.2, 0.25) is 0 Å². The Hall–Kier alpha value is -1.57. The average Bonchev–Trinajstić information content (AvgIpc) is 3.05. The molecule has 1 aliphatic carbocycles. The van der Waals surface area contributed by atoms with Crippen LogP contribution >= 0.6 is 0 Å². The van der Waals surface area contributed by atoms with Gasteiger partial charge in [-0.15, -0.1) is 0 Å². The molecule has 1 aromatic carbocycles. The van der Waals surface area contributed by atoms with E-state index >= 15 is 0 Å². The molecule has 0 atom stereocenters. The van der Waals surface area contributed by atoms with E-state index in [1.165, 1.54) is 0 Å². The number of benzene rings is 1. The fourth-order valence-electron chi connectivity index (χ4n) is 2.06. The van der Waals surface area contributed by atoms with Gasteiger partial charge in [0.15, 0.2) is 5.78 Å². The molecule has 0 saturated heterocycles. The van der Waals surface area contributed by atoms with Crippen molar-refractivity contribution < 1.29 is 4.79 Å². The Kier molecular flexibility index (Phi) is 1.72. The maximum Gasteiger partial charge on any atom is 0.165 e. The molecular formula is C13H13NO. The van der Waals surface area contributed by atoms with Gasteiger partial charge in [0, 0.05) is 18.3 Å². The molecule has 3 rings (SSSR count). The van der Waals surface area contributed by atoms with Gasteiger partial charge in [-0.3, -0.25) is 4.79 Å². The van der Waals surface area contributed by atoms with E-state index in [1.54, 1.807) is 6.08 Å². The van der Waals surface area contributed by atoms with Crippen molar-refractivity contribution in [2.24, 2.45) is 5.41 Å². The molecule has 1 N–H and O–H groups in total. The van der Waals surface area contributed by atoms with E-state index in [0.717, 1.165) is 30.6 Å². The molecule has 0 radical (unpaired) electrons. The lowest BCUT2D eigenvalue weighted by atomic mass is 9.94. The van der Waals surface area contributed by atoms with Crippen LogP contribution in [0.25, 0.3) is 5.70 Å². The van der Waals surface area contributed by atoms with Gasteiger partial charge in [-0.25, -0.2) is 0 Å². The second-order valence-corrected chi connectivity index (χ2v) is 4.42. The van der Waals surface area contributed by atoms with Crippen LogP contribution < -0.4 is 5.32 Å². The molecular weight excluding hydrogens is 186 g/mol. The summed E-state index contributed by atoms with van der Waals surface area (Å²) in [5.41, 5.74) is 2.04. The van der Waals surface area contributed by atoms with Crippen molar-refractivity contribution in [2.75, 3.05) is 6.54 Å². The minimum absolute atomic E-state index is 0.0295. The Morgan fingerprint density at radius 1 is 1.13 bits per heavy atom. The van der Waals surface area contributed by atoms with Crippen LogP contribution in [0.1, 0.15) is 18.4 Å². The number of nitrogens with one attached hydrogen (secondary N) is 1. The molecule has 15 heavy (non-hydrogen) atoms. The maximum absolute atomic E-state index is 11.8. The normalized spacial score (nSPS) is 22.1. The molecule has 0 amide bonds. The first kappa shape index (κ1) is 8.72. The molecule has 2 nitrogen and oxygen atoms in total. The molecule has 0 aromatic heterocycles. The van der Waals surface area contributed by atoms with Crippen LogP contribution in [-0.4, -0.2) is 12.3 Å². The predicted octanol–water partition coefficient (Wildman–Crippen LogP) is 1.98. The summed E-state index contributed by atoms with van der Waals surface area (Å²) in [6.07, 6.45) is 3.88. The second-order valence-electron chi connectivity index (χ2n) is 4.42. The first-order valence-electron chi connectivity index (χ1n) is 5.36. The summed E-state index contributed by atoms with van der Waals surface area (Å²) in [7, 11) is 0.